The van der Waals surface area contributed by atoms with Crippen LogP contribution in [0.5, 0.6) is 0 Å². The third-order valence-corrected chi connectivity index (χ3v) is 2.03. The standard InChI is InChI=1S/C5H17N3Si/c1-4-6-5-7-9-8(2)3/h6-7H,4-5,9H2,1-3H3. The van der Waals surface area contributed by atoms with Crippen molar-refractivity contribution in [3.05, 3.63) is 0 Å². The zero-order chi connectivity index (χ0) is 7.11. The molecule has 56 valence electrons. The van der Waals surface area contributed by atoms with Crippen LogP contribution in [0.3, 0.4) is 0 Å². The maximum atomic E-state index is 3.34. The molecule has 0 saturated heterocycles. The molecule has 0 spiro atoms. The van der Waals surface area contributed by atoms with Crippen molar-refractivity contribution < 1.29 is 0 Å². The van der Waals surface area contributed by atoms with Gasteiger partial charge < -0.3 is 14.9 Å². The summed E-state index contributed by atoms with van der Waals surface area (Å²) in [6, 6.07) is 0. The first-order valence-electron chi connectivity index (χ1n) is 3.33. The van der Waals surface area contributed by atoms with Gasteiger partial charge in [0.25, 0.3) is 0 Å². The Hall–Kier alpha value is 0.0969. The largest absolute Gasteiger partial charge is 0.322 e. The van der Waals surface area contributed by atoms with E-state index in [-0.39, 0.29) is 9.84 Å². The third kappa shape index (κ3) is 8.10. The quantitative estimate of drug-likeness (QED) is 0.288. The van der Waals surface area contributed by atoms with Crippen LogP contribution in [0.1, 0.15) is 6.92 Å². The summed E-state index contributed by atoms with van der Waals surface area (Å²) in [7, 11) is 4.05. The van der Waals surface area contributed by atoms with Crippen LogP contribution >= 0.6 is 0 Å². The van der Waals surface area contributed by atoms with Crippen molar-refractivity contribution in [3.63, 3.8) is 0 Å². The van der Waals surface area contributed by atoms with Gasteiger partial charge in [-0.05, 0) is 20.6 Å². The summed E-state index contributed by atoms with van der Waals surface area (Å²) in [6.07, 6.45) is 0. The van der Waals surface area contributed by atoms with Crippen molar-refractivity contribution in [2.75, 3.05) is 27.3 Å². The Morgan fingerprint density at radius 1 is 1.44 bits per heavy atom. The predicted molar refractivity (Wildman–Crippen MR) is 43.9 cm³/mol. The summed E-state index contributed by atoms with van der Waals surface area (Å²) in [5, 5.41) is 3.20. The average molecular weight is 147 g/mol. The second-order valence-electron chi connectivity index (χ2n) is 2.27. The zero-order valence-electron chi connectivity index (χ0n) is 6.57. The maximum absolute atomic E-state index is 3.34. The Morgan fingerprint density at radius 3 is 2.56 bits per heavy atom. The Balaban J connectivity index is 2.75. The van der Waals surface area contributed by atoms with E-state index in [9.17, 15) is 0 Å². The molecule has 0 bridgehead atoms. The lowest BCUT2D eigenvalue weighted by atomic mass is 10.8. The highest BCUT2D eigenvalue weighted by Crippen LogP contribution is 1.60. The van der Waals surface area contributed by atoms with Crippen molar-refractivity contribution in [3.8, 4) is 0 Å². The molecule has 0 radical (unpaired) electrons. The average Bonchev–Trinajstić information content (AvgIpc) is 1.80. The molecule has 0 rings (SSSR count). The van der Waals surface area contributed by atoms with Gasteiger partial charge in [0.1, 0.15) is 0 Å². The highest BCUT2D eigenvalue weighted by Gasteiger charge is 1.86. The molecule has 0 aliphatic carbocycles. The van der Waals surface area contributed by atoms with Crippen LogP contribution in [0.25, 0.3) is 0 Å². The van der Waals surface area contributed by atoms with E-state index in [4.69, 9.17) is 0 Å². The van der Waals surface area contributed by atoms with Gasteiger partial charge in [0.2, 0.25) is 0 Å². The molecule has 0 aromatic heterocycles. The number of hydrogen-bond donors (Lipinski definition) is 2. The monoisotopic (exact) mass is 147 g/mol. The number of nitrogens with one attached hydrogen (secondary N) is 2. The topological polar surface area (TPSA) is 27.3 Å². The second-order valence-corrected chi connectivity index (χ2v) is 4.35. The molecular weight excluding hydrogens is 130 g/mol. The SMILES string of the molecule is CCNCN[SiH2]N(C)C. The first kappa shape index (κ1) is 9.10. The van der Waals surface area contributed by atoms with Crippen molar-refractivity contribution in [1.82, 2.24) is 14.9 Å². The fourth-order valence-corrected chi connectivity index (χ4v) is 1.23. The van der Waals surface area contributed by atoms with E-state index >= 15 is 0 Å². The molecule has 0 amide bonds. The van der Waals surface area contributed by atoms with Crippen molar-refractivity contribution in [1.29, 1.82) is 0 Å². The normalized spacial score (nSPS) is 12.0. The fourth-order valence-electron chi connectivity index (χ4n) is 0.493. The Kier molecular flexibility index (Phi) is 6.29. The summed E-state index contributed by atoms with van der Waals surface area (Å²) in [6.45, 7) is 4.12. The maximum Gasteiger partial charge on any atom is 0.170 e. The van der Waals surface area contributed by atoms with Crippen LogP contribution in [0.4, 0.5) is 0 Å². The van der Waals surface area contributed by atoms with Crippen LogP contribution in [0, 0.1) is 0 Å². The minimum absolute atomic E-state index is 0.153. The molecule has 0 atom stereocenters. The van der Waals surface area contributed by atoms with Gasteiger partial charge in [0.05, 0.1) is 0 Å². The van der Waals surface area contributed by atoms with E-state index in [1.54, 1.807) is 0 Å². The number of rotatable bonds is 5. The molecule has 2 N–H and O–H groups in total. The first-order valence-corrected chi connectivity index (χ1v) is 4.67. The lowest BCUT2D eigenvalue weighted by Crippen LogP contribution is -2.38. The molecule has 0 unspecified atom stereocenters. The van der Waals surface area contributed by atoms with Gasteiger partial charge in [-0.1, -0.05) is 6.92 Å². The summed E-state index contributed by atoms with van der Waals surface area (Å²) in [4.78, 5) is 3.34. The van der Waals surface area contributed by atoms with E-state index in [0.29, 0.717) is 0 Å². The molecule has 0 saturated carbocycles. The zero-order valence-corrected chi connectivity index (χ0v) is 7.98. The molecule has 0 heterocycles. The lowest BCUT2D eigenvalue weighted by molar-refractivity contribution is 0.618. The first-order chi connectivity index (χ1) is 4.27. The summed E-state index contributed by atoms with van der Waals surface area (Å²) in [5.74, 6) is 0. The summed E-state index contributed by atoms with van der Waals surface area (Å²) >= 11 is 0. The van der Waals surface area contributed by atoms with E-state index in [1.165, 1.54) is 0 Å². The molecule has 3 nitrogen and oxygen atoms in total. The number of hydrogen-bond acceptors (Lipinski definition) is 3. The Labute approximate surface area is 59.8 Å². The van der Waals surface area contributed by atoms with Crippen LogP contribution < -0.4 is 10.3 Å². The van der Waals surface area contributed by atoms with Gasteiger partial charge in [-0.25, -0.2) is 0 Å². The molecule has 9 heavy (non-hydrogen) atoms. The molecule has 0 aromatic rings. The summed E-state index contributed by atoms with van der Waals surface area (Å²) in [5.41, 5.74) is 0. The highest BCUT2D eigenvalue weighted by atomic mass is 28.2. The van der Waals surface area contributed by atoms with E-state index < -0.39 is 0 Å². The van der Waals surface area contributed by atoms with Crippen LogP contribution in [-0.4, -0.2) is 41.7 Å². The van der Waals surface area contributed by atoms with E-state index in [1.807, 2.05) is 0 Å². The van der Waals surface area contributed by atoms with Crippen molar-refractivity contribution in [2.24, 2.45) is 0 Å². The van der Waals surface area contributed by atoms with Gasteiger partial charge >= 0.3 is 0 Å². The van der Waals surface area contributed by atoms with Gasteiger partial charge in [-0.3, -0.25) is 0 Å². The minimum Gasteiger partial charge on any atom is -0.322 e. The van der Waals surface area contributed by atoms with Crippen LogP contribution in [0.2, 0.25) is 0 Å². The highest BCUT2D eigenvalue weighted by molar-refractivity contribution is 6.28. The smallest absolute Gasteiger partial charge is 0.170 e. The van der Waals surface area contributed by atoms with E-state index in [2.05, 4.69) is 35.9 Å². The minimum atomic E-state index is -0.153. The number of nitrogens with zero attached hydrogens (tertiary/aromatic N) is 1. The molecule has 4 heteroatoms. The molecule has 0 aliphatic heterocycles. The van der Waals surface area contributed by atoms with Crippen LogP contribution in [0.15, 0.2) is 0 Å². The van der Waals surface area contributed by atoms with Gasteiger partial charge in [-0.15, -0.1) is 0 Å². The van der Waals surface area contributed by atoms with Gasteiger partial charge in [0.15, 0.2) is 9.84 Å². The fraction of sp³-hybridized carbons (Fsp3) is 1.00. The second kappa shape index (κ2) is 6.22. The summed E-state index contributed by atoms with van der Waals surface area (Å²) < 4.78 is 2.23. The van der Waals surface area contributed by atoms with Crippen molar-refractivity contribution in [2.45, 2.75) is 6.92 Å². The van der Waals surface area contributed by atoms with Gasteiger partial charge in [0, 0.05) is 6.67 Å². The van der Waals surface area contributed by atoms with Crippen LogP contribution in [-0.2, 0) is 0 Å². The molecule has 0 aliphatic rings. The third-order valence-electron chi connectivity index (χ3n) is 0.928. The predicted octanol–water partition coefficient (Wildman–Crippen LogP) is -1.30. The van der Waals surface area contributed by atoms with Crippen molar-refractivity contribution >= 4 is 9.84 Å². The molecule has 0 aromatic carbocycles. The van der Waals surface area contributed by atoms with E-state index in [0.717, 1.165) is 13.2 Å². The van der Waals surface area contributed by atoms with Gasteiger partial charge in [-0.2, -0.15) is 0 Å². The lowest BCUT2D eigenvalue weighted by Gasteiger charge is -2.09. The molecular formula is C5H17N3Si. The molecule has 0 fully saturated rings. The Bertz CT molecular complexity index is 58.2. The Morgan fingerprint density at radius 2 is 2.11 bits per heavy atom.